The minimum absolute atomic E-state index is 0.0340. The number of allylic oxidation sites excluding steroid dienone is 3. The molecular weight excluding hydrogens is 336 g/mol. The van der Waals surface area contributed by atoms with Crippen LogP contribution in [-0.2, 0) is 4.74 Å². The Balaban J connectivity index is 5.74. The Bertz CT molecular complexity index is 324. The van der Waals surface area contributed by atoms with Crippen LogP contribution in [0.15, 0.2) is 33.0 Å². The molecule has 0 unspecified atom stereocenters. The molecule has 0 saturated heterocycles. The number of rotatable bonds is 5. The molecule has 0 fully saturated rings. The zero-order valence-electron chi connectivity index (χ0n) is 10.1. The standard InChI is InChI=1S/C12H18Br2O2/c1-8(13)6-10(12(3,4)7-15)11(16-5)9(2)14/h6,15H,2,7H2,1,3-5H3/b8-6+,11-10-. The molecular formula is C12H18Br2O2. The third kappa shape index (κ3) is 4.44. The van der Waals surface area contributed by atoms with Crippen LogP contribution in [0, 0.1) is 5.41 Å². The van der Waals surface area contributed by atoms with Gasteiger partial charge < -0.3 is 9.84 Å². The number of hydrogen-bond donors (Lipinski definition) is 1. The van der Waals surface area contributed by atoms with E-state index in [0.717, 1.165) is 10.1 Å². The highest BCUT2D eigenvalue weighted by molar-refractivity contribution is 9.12. The van der Waals surface area contributed by atoms with Gasteiger partial charge in [0.05, 0.1) is 18.2 Å². The monoisotopic (exact) mass is 352 g/mol. The SMILES string of the molecule is C=C(Br)/C(OC)=C(\C=C(/C)Br)C(C)(C)CO. The summed E-state index contributed by atoms with van der Waals surface area (Å²) in [6.45, 7) is 9.67. The second-order valence-electron chi connectivity index (χ2n) is 4.12. The molecule has 0 amide bonds. The molecule has 4 heteroatoms. The van der Waals surface area contributed by atoms with Crippen molar-refractivity contribution < 1.29 is 9.84 Å². The fraction of sp³-hybridized carbons (Fsp3) is 0.500. The smallest absolute Gasteiger partial charge is 0.136 e. The Labute approximate surface area is 114 Å². The largest absolute Gasteiger partial charge is 0.495 e. The lowest BCUT2D eigenvalue weighted by molar-refractivity contribution is 0.184. The van der Waals surface area contributed by atoms with Gasteiger partial charge in [0.1, 0.15) is 5.76 Å². The lowest BCUT2D eigenvalue weighted by atomic mass is 9.83. The molecule has 0 heterocycles. The summed E-state index contributed by atoms with van der Waals surface area (Å²) in [4.78, 5) is 0. The molecule has 0 spiro atoms. The minimum Gasteiger partial charge on any atom is -0.495 e. The Hall–Kier alpha value is -0.0600. The van der Waals surface area contributed by atoms with E-state index in [1.54, 1.807) is 7.11 Å². The van der Waals surface area contributed by atoms with E-state index in [0.29, 0.717) is 10.2 Å². The maximum Gasteiger partial charge on any atom is 0.136 e. The first-order valence-electron chi connectivity index (χ1n) is 4.84. The van der Waals surface area contributed by atoms with Crippen molar-refractivity contribution in [3.05, 3.63) is 33.0 Å². The molecule has 0 aromatic rings. The summed E-state index contributed by atoms with van der Waals surface area (Å²) in [6.07, 6.45) is 1.93. The number of hydrogen-bond acceptors (Lipinski definition) is 2. The van der Waals surface area contributed by atoms with Crippen LogP contribution in [0.4, 0.5) is 0 Å². The van der Waals surface area contributed by atoms with Crippen molar-refractivity contribution in [2.75, 3.05) is 13.7 Å². The highest BCUT2D eigenvalue weighted by Gasteiger charge is 2.25. The van der Waals surface area contributed by atoms with Gasteiger partial charge in [-0.25, -0.2) is 0 Å². The quantitative estimate of drug-likeness (QED) is 0.595. The Morgan fingerprint density at radius 3 is 2.19 bits per heavy atom. The van der Waals surface area contributed by atoms with Crippen molar-refractivity contribution in [2.24, 2.45) is 5.41 Å². The van der Waals surface area contributed by atoms with E-state index in [-0.39, 0.29) is 6.61 Å². The number of aliphatic hydroxyl groups is 1. The molecule has 16 heavy (non-hydrogen) atoms. The van der Waals surface area contributed by atoms with Gasteiger partial charge in [0.15, 0.2) is 0 Å². The Kier molecular flexibility index (Phi) is 6.60. The maximum absolute atomic E-state index is 9.42. The summed E-state index contributed by atoms with van der Waals surface area (Å²) in [7, 11) is 1.59. The molecule has 0 saturated carbocycles. The van der Waals surface area contributed by atoms with Crippen LogP contribution < -0.4 is 0 Å². The highest BCUT2D eigenvalue weighted by Crippen LogP contribution is 2.34. The van der Waals surface area contributed by atoms with Crippen molar-refractivity contribution in [3.63, 3.8) is 0 Å². The van der Waals surface area contributed by atoms with Crippen LogP contribution in [0.3, 0.4) is 0 Å². The van der Waals surface area contributed by atoms with Gasteiger partial charge in [0.2, 0.25) is 0 Å². The third-order valence-corrected chi connectivity index (χ3v) is 2.75. The molecule has 0 aliphatic carbocycles. The van der Waals surface area contributed by atoms with Crippen molar-refractivity contribution in [2.45, 2.75) is 20.8 Å². The van der Waals surface area contributed by atoms with E-state index in [1.807, 2.05) is 26.8 Å². The zero-order valence-corrected chi connectivity index (χ0v) is 13.3. The number of aliphatic hydroxyl groups excluding tert-OH is 1. The number of halogens is 2. The van der Waals surface area contributed by atoms with Gasteiger partial charge in [0, 0.05) is 11.0 Å². The molecule has 92 valence electrons. The summed E-state index contributed by atoms with van der Waals surface area (Å²) in [6, 6.07) is 0. The fourth-order valence-corrected chi connectivity index (χ4v) is 1.82. The Morgan fingerprint density at radius 2 is 1.94 bits per heavy atom. The molecule has 0 aliphatic heterocycles. The minimum atomic E-state index is -0.392. The van der Waals surface area contributed by atoms with Crippen molar-refractivity contribution in [1.82, 2.24) is 0 Å². The van der Waals surface area contributed by atoms with E-state index < -0.39 is 5.41 Å². The average Bonchev–Trinajstić information content (AvgIpc) is 2.16. The van der Waals surface area contributed by atoms with Crippen molar-refractivity contribution in [1.29, 1.82) is 0 Å². The molecule has 0 aliphatic rings. The van der Waals surface area contributed by atoms with Gasteiger partial charge >= 0.3 is 0 Å². The predicted octanol–water partition coefficient (Wildman–Crippen LogP) is 4.11. The molecule has 2 nitrogen and oxygen atoms in total. The first-order chi connectivity index (χ1) is 7.26. The van der Waals surface area contributed by atoms with E-state index >= 15 is 0 Å². The Morgan fingerprint density at radius 1 is 1.44 bits per heavy atom. The van der Waals surface area contributed by atoms with Crippen LogP contribution in [0.2, 0.25) is 0 Å². The zero-order chi connectivity index (χ0) is 12.9. The third-order valence-electron chi connectivity index (χ3n) is 2.16. The van der Waals surface area contributed by atoms with Crippen LogP contribution in [0.1, 0.15) is 20.8 Å². The van der Waals surface area contributed by atoms with Crippen molar-refractivity contribution in [3.8, 4) is 0 Å². The maximum atomic E-state index is 9.42. The molecule has 0 aromatic carbocycles. The van der Waals surface area contributed by atoms with Crippen LogP contribution in [0.5, 0.6) is 0 Å². The summed E-state index contributed by atoms with van der Waals surface area (Å²) < 4.78 is 6.95. The van der Waals surface area contributed by atoms with Gasteiger partial charge in [-0.2, -0.15) is 0 Å². The second-order valence-corrected chi connectivity index (χ2v) is 6.33. The second kappa shape index (κ2) is 6.62. The van der Waals surface area contributed by atoms with Crippen LogP contribution >= 0.6 is 31.9 Å². The first-order valence-corrected chi connectivity index (χ1v) is 6.43. The van der Waals surface area contributed by atoms with E-state index in [4.69, 9.17) is 4.74 Å². The normalized spacial score (nSPS) is 14.6. The lowest BCUT2D eigenvalue weighted by Crippen LogP contribution is -2.21. The average molecular weight is 354 g/mol. The summed E-state index contributed by atoms with van der Waals surface area (Å²) in [5.41, 5.74) is 0.505. The lowest BCUT2D eigenvalue weighted by Gasteiger charge is -2.26. The number of ether oxygens (including phenoxy) is 1. The van der Waals surface area contributed by atoms with Crippen molar-refractivity contribution >= 4 is 31.9 Å². The van der Waals surface area contributed by atoms with Crippen LogP contribution in [-0.4, -0.2) is 18.8 Å². The van der Waals surface area contributed by atoms with E-state index in [2.05, 4.69) is 38.4 Å². The molecule has 0 rings (SSSR count). The highest BCUT2D eigenvalue weighted by atomic mass is 79.9. The van der Waals surface area contributed by atoms with Gasteiger partial charge in [-0.15, -0.1) is 0 Å². The molecule has 0 radical (unpaired) electrons. The van der Waals surface area contributed by atoms with Gasteiger partial charge in [-0.3, -0.25) is 0 Å². The summed E-state index contributed by atoms with van der Waals surface area (Å²) >= 11 is 6.70. The molecule has 0 bridgehead atoms. The number of methoxy groups -OCH3 is 1. The van der Waals surface area contributed by atoms with Crippen LogP contribution in [0.25, 0.3) is 0 Å². The van der Waals surface area contributed by atoms with E-state index in [9.17, 15) is 5.11 Å². The van der Waals surface area contributed by atoms with Gasteiger partial charge in [-0.1, -0.05) is 36.4 Å². The molecule has 0 atom stereocenters. The summed E-state index contributed by atoms with van der Waals surface area (Å²) in [5.74, 6) is 0.651. The van der Waals surface area contributed by atoms with Gasteiger partial charge in [-0.05, 0) is 33.4 Å². The first kappa shape index (κ1) is 15.9. The van der Waals surface area contributed by atoms with Gasteiger partial charge in [0.25, 0.3) is 0 Å². The fourth-order valence-electron chi connectivity index (χ4n) is 1.22. The predicted molar refractivity (Wildman–Crippen MR) is 75.7 cm³/mol. The molecule has 0 aromatic heterocycles. The molecule has 1 N–H and O–H groups in total. The topological polar surface area (TPSA) is 29.5 Å². The summed E-state index contributed by atoms with van der Waals surface area (Å²) in [5, 5.41) is 9.42. The van der Waals surface area contributed by atoms with E-state index in [1.165, 1.54) is 0 Å².